The molecule has 168 valence electrons. The van der Waals surface area contributed by atoms with Crippen LogP contribution in [0.2, 0.25) is 0 Å². The van der Waals surface area contributed by atoms with Crippen LogP contribution in [0.25, 0.3) is 22.1 Å². The van der Waals surface area contributed by atoms with Crippen molar-refractivity contribution in [3.05, 3.63) is 99.9 Å². The van der Waals surface area contributed by atoms with Gasteiger partial charge in [-0.3, -0.25) is 9.69 Å². The summed E-state index contributed by atoms with van der Waals surface area (Å²) < 4.78 is 53.4. The number of halogens is 3. The van der Waals surface area contributed by atoms with Gasteiger partial charge in [0.05, 0.1) is 16.5 Å². The lowest BCUT2D eigenvalue weighted by Crippen LogP contribution is -2.34. The topological polar surface area (TPSA) is 42.7 Å². The summed E-state index contributed by atoms with van der Waals surface area (Å²) in [5.74, 6) is -0.879. The minimum absolute atomic E-state index is 0.0491. The van der Waals surface area contributed by atoms with Gasteiger partial charge in [0.25, 0.3) is 0 Å². The first-order valence-corrected chi connectivity index (χ1v) is 10.5. The lowest BCUT2D eigenvalue weighted by atomic mass is 9.99. The first kappa shape index (κ1) is 21.3. The van der Waals surface area contributed by atoms with Crippen LogP contribution >= 0.6 is 0 Å². The van der Waals surface area contributed by atoms with Crippen molar-refractivity contribution in [2.45, 2.75) is 25.7 Å². The van der Waals surface area contributed by atoms with Gasteiger partial charge in [0.2, 0.25) is 11.2 Å². The number of ether oxygens (including phenoxy) is 1. The summed E-state index contributed by atoms with van der Waals surface area (Å²) in [6, 6.07) is 20.6. The van der Waals surface area contributed by atoms with Crippen molar-refractivity contribution in [2.75, 3.05) is 6.73 Å². The fraction of sp³-hybridized carbons (Fsp3) is 0.192. The van der Waals surface area contributed by atoms with E-state index >= 15 is 0 Å². The number of fused-ring (bicyclic) bond motifs is 3. The molecular formula is C26H20F3NO3. The zero-order valence-electron chi connectivity index (χ0n) is 17.7. The molecule has 1 aromatic heterocycles. The van der Waals surface area contributed by atoms with Crippen molar-refractivity contribution in [1.29, 1.82) is 0 Å². The van der Waals surface area contributed by atoms with Crippen LogP contribution in [0.3, 0.4) is 0 Å². The molecule has 3 aromatic carbocycles. The second-order valence-electron chi connectivity index (χ2n) is 8.02. The lowest BCUT2D eigenvalue weighted by Gasteiger charge is -2.34. The van der Waals surface area contributed by atoms with Gasteiger partial charge in [-0.15, -0.1) is 0 Å². The molecule has 1 aliphatic heterocycles. The van der Waals surface area contributed by atoms with Crippen LogP contribution in [0.1, 0.15) is 29.9 Å². The lowest BCUT2D eigenvalue weighted by molar-refractivity contribution is -0.152. The van der Waals surface area contributed by atoms with Crippen LogP contribution in [0.15, 0.2) is 82.0 Å². The highest BCUT2D eigenvalue weighted by molar-refractivity contribution is 5.87. The second-order valence-corrected chi connectivity index (χ2v) is 8.02. The van der Waals surface area contributed by atoms with Gasteiger partial charge in [-0.1, -0.05) is 60.7 Å². The van der Waals surface area contributed by atoms with Gasteiger partial charge in [0, 0.05) is 12.6 Å². The smallest absolute Gasteiger partial charge is 0.450 e. The molecule has 1 unspecified atom stereocenters. The van der Waals surface area contributed by atoms with Crippen LogP contribution < -0.4 is 10.2 Å². The highest BCUT2D eigenvalue weighted by atomic mass is 19.4. The molecule has 1 atom stereocenters. The molecule has 0 radical (unpaired) electrons. The molecule has 4 nitrogen and oxygen atoms in total. The zero-order valence-corrected chi connectivity index (χ0v) is 17.7. The van der Waals surface area contributed by atoms with Gasteiger partial charge in [0.1, 0.15) is 18.1 Å². The van der Waals surface area contributed by atoms with E-state index in [1.807, 2.05) is 42.2 Å². The summed E-state index contributed by atoms with van der Waals surface area (Å²) in [6.07, 6.45) is -4.84. The molecule has 0 N–H and O–H groups in total. The SMILES string of the molecule is CC(c1ccccc1)N1COc2ccc3c(=O)c(-c4ccccc4)c(C(F)(F)F)oc3c2C1. The Morgan fingerprint density at radius 2 is 1.61 bits per heavy atom. The molecule has 33 heavy (non-hydrogen) atoms. The maximum Gasteiger partial charge on any atom is 0.450 e. The number of nitrogens with zero attached hydrogens (tertiary/aromatic N) is 1. The van der Waals surface area contributed by atoms with E-state index in [1.165, 1.54) is 18.2 Å². The molecular weight excluding hydrogens is 431 g/mol. The van der Waals surface area contributed by atoms with Crippen LogP contribution in [-0.2, 0) is 12.7 Å². The number of rotatable bonds is 3. The largest absolute Gasteiger partial charge is 0.478 e. The first-order valence-electron chi connectivity index (χ1n) is 10.5. The quantitative estimate of drug-likeness (QED) is 0.362. The Hall–Kier alpha value is -3.58. The van der Waals surface area contributed by atoms with Crippen molar-refractivity contribution in [1.82, 2.24) is 4.90 Å². The van der Waals surface area contributed by atoms with E-state index in [1.54, 1.807) is 24.3 Å². The van der Waals surface area contributed by atoms with Crippen LogP contribution in [0.5, 0.6) is 5.75 Å². The standard InChI is InChI=1S/C26H20F3NO3/c1-16(17-8-4-2-5-9-17)30-14-20-21(32-15-30)13-12-19-23(31)22(18-10-6-3-7-11-18)25(26(27,28)29)33-24(19)20/h2-13,16H,14-15H2,1H3. The van der Waals surface area contributed by atoms with Crippen LogP contribution in [-0.4, -0.2) is 11.6 Å². The van der Waals surface area contributed by atoms with E-state index in [-0.39, 0.29) is 35.9 Å². The summed E-state index contributed by atoms with van der Waals surface area (Å²) >= 11 is 0. The molecule has 1 aliphatic rings. The summed E-state index contributed by atoms with van der Waals surface area (Å²) in [5, 5.41) is 0.0958. The Morgan fingerprint density at radius 3 is 2.27 bits per heavy atom. The Labute approximate surface area is 187 Å². The molecule has 0 saturated carbocycles. The van der Waals surface area contributed by atoms with Gasteiger partial charge >= 0.3 is 6.18 Å². The predicted octanol–water partition coefficient (Wildman–Crippen LogP) is 6.39. The van der Waals surface area contributed by atoms with Gasteiger partial charge in [-0.25, -0.2) is 0 Å². The number of hydrogen-bond donors (Lipinski definition) is 0. The van der Waals surface area contributed by atoms with Crippen molar-refractivity contribution >= 4 is 11.0 Å². The van der Waals surface area contributed by atoms with E-state index in [4.69, 9.17) is 9.15 Å². The Balaban J connectivity index is 1.68. The van der Waals surface area contributed by atoms with E-state index in [9.17, 15) is 18.0 Å². The Kier molecular flexibility index (Phi) is 5.21. The second kappa shape index (κ2) is 8.08. The number of hydrogen-bond acceptors (Lipinski definition) is 4. The molecule has 4 aromatic rings. The summed E-state index contributed by atoms with van der Waals surface area (Å²) in [6.45, 7) is 2.56. The molecule has 0 bridgehead atoms. The zero-order chi connectivity index (χ0) is 23.2. The van der Waals surface area contributed by atoms with Crippen LogP contribution in [0.4, 0.5) is 13.2 Å². The number of alkyl halides is 3. The summed E-state index contributed by atoms with van der Waals surface area (Å²) in [5.41, 5.74) is 0.355. The Bertz CT molecular complexity index is 1370. The molecule has 0 amide bonds. The van der Waals surface area contributed by atoms with Gasteiger partial charge in [-0.2, -0.15) is 13.2 Å². The van der Waals surface area contributed by atoms with Gasteiger partial charge in [0.15, 0.2) is 0 Å². The van der Waals surface area contributed by atoms with Gasteiger partial charge in [-0.05, 0) is 30.2 Å². The molecule has 2 heterocycles. The third-order valence-electron chi connectivity index (χ3n) is 6.02. The predicted molar refractivity (Wildman–Crippen MR) is 119 cm³/mol. The fourth-order valence-corrected chi connectivity index (χ4v) is 4.24. The molecule has 7 heteroatoms. The summed E-state index contributed by atoms with van der Waals surface area (Å²) in [7, 11) is 0. The normalized spacial score (nSPS) is 15.2. The fourth-order valence-electron chi connectivity index (χ4n) is 4.24. The van der Waals surface area contributed by atoms with E-state index in [0.717, 1.165) is 5.56 Å². The number of benzene rings is 3. The van der Waals surface area contributed by atoms with E-state index < -0.39 is 22.9 Å². The maximum atomic E-state index is 14.0. The van der Waals surface area contributed by atoms with Crippen LogP contribution in [0, 0.1) is 0 Å². The van der Waals surface area contributed by atoms with Gasteiger partial charge < -0.3 is 9.15 Å². The van der Waals surface area contributed by atoms with Crippen molar-refractivity contribution in [3.63, 3.8) is 0 Å². The molecule has 0 spiro atoms. The average molecular weight is 451 g/mol. The minimum Gasteiger partial charge on any atom is -0.478 e. The Morgan fingerprint density at radius 1 is 0.939 bits per heavy atom. The molecule has 0 fully saturated rings. The summed E-state index contributed by atoms with van der Waals surface area (Å²) in [4.78, 5) is 15.3. The van der Waals surface area contributed by atoms with Crippen molar-refractivity contribution in [2.24, 2.45) is 0 Å². The third-order valence-corrected chi connectivity index (χ3v) is 6.02. The van der Waals surface area contributed by atoms with E-state index in [0.29, 0.717) is 11.3 Å². The average Bonchev–Trinajstić information content (AvgIpc) is 2.83. The van der Waals surface area contributed by atoms with Crippen molar-refractivity contribution < 1.29 is 22.3 Å². The minimum atomic E-state index is -4.84. The highest BCUT2D eigenvalue weighted by Crippen LogP contribution is 2.40. The third kappa shape index (κ3) is 3.78. The monoisotopic (exact) mass is 451 g/mol. The molecule has 0 aliphatic carbocycles. The highest BCUT2D eigenvalue weighted by Gasteiger charge is 2.40. The first-order chi connectivity index (χ1) is 15.8. The van der Waals surface area contributed by atoms with Crippen molar-refractivity contribution in [3.8, 4) is 16.9 Å². The van der Waals surface area contributed by atoms with E-state index in [2.05, 4.69) is 0 Å². The maximum absolute atomic E-state index is 14.0. The molecule has 0 saturated heterocycles. The molecule has 5 rings (SSSR count).